The third-order valence-corrected chi connectivity index (χ3v) is 6.92. The van der Waals surface area contributed by atoms with Gasteiger partial charge < -0.3 is 20.1 Å². The van der Waals surface area contributed by atoms with E-state index in [1.165, 1.54) is 0 Å². The summed E-state index contributed by atoms with van der Waals surface area (Å²) in [6, 6.07) is 6.18. The van der Waals surface area contributed by atoms with Crippen molar-refractivity contribution in [2.45, 2.75) is 57.6 Å². The van der Waals surface area contributed by atoms with Crippen LogP contribution in [0.1, 0.15) is 49.9 Å². The number of carbonyl (C=O) groups is 1. The molecule has 2 aliphatic rings. The number of aromatic nitrogens is 2. The van der Waals surface area contributed by atoms with E-state index < -0.39 is 0 Å². The Morgan fingerprint density at radius 3 is 2.83 bits per heavy atom. The maximum atomic E-state index is 11.9. The van der Waals surface area contributed by atoms with E-state index in [1.54, 1.807) is 13.3 Å². The molecule has 3 N–H and O–H groups in total. The highest BCUT2D eigenvalue weighted by molar-refractivity contribution is 5.91. The summed E-state index contributed by atoms with van der Waals surface area (Å²) < 4.78 is 7.27. The molecule has 0 aromatic carbocycles. The molecule has 4 rings (SSSR count). The first-order chi connectivity index (χ1) is 17.4. The Morgan fingerprint density at radius 1 is 1.36 bits per heavy atom. The lowest BCUT2D eigenvalue weighted by atomic mass is 9.85. The summed E-state index contributed by atoms with van der Waals surface area (Å²) in [6.07, 6.45) is 4.94. The van der Waals surface area contributed by atoms with Gasteiger partial charge in [-0.3, -0.25) is 14.9 Å². The van der Waals surface area contributed by atoms with Crippen molar-refractivity contribution >= 4 is 24.4 Å². The van der Waals surface area contributed by atoms with Gasteiger partial charge in [0.25, 0.3) is 0 Å². The molecule has 0 radical (unpaired) electrons. The summed E-state index contributed by atoms with van der Waals surface area (Å²) in [4.78, 5) is 27.2. The molecule has 10 nitrogen and oxygen atoms in total. The number of carbonyl (C=O) groups excluding carboxylic acids is 1. The molecule has 1 aliphatic carbocycles. The zero-order valence-corrected chi connectivity index (χ0v) is 21.4. The smallest absolute Gasteiger partial charge is 0.239 e. The van der Waals surface area contributed by atoms with Crippen LogP contribution < -0.4 is 15.6 Å². The fourth-order valence-electron chi connectivity index (χ4n) is 5.03. The van der Waals surface area contributed by atoms with E-state index in [0.29, 0.717) is 31.6 Å². The lowest BCUT2D eigenvalue weighted by molar-refractivity contribution is -0.120. The van der Waals surface area contributed by atoms with Crippen LogP contribution in [-0.4, -0.2) is 78.8 Å². The Morgan fingerprint density at radius 2 is 2.14 bits per heavy atom. The van der Waals surface area contributed by atoms with E-state index in [0.717, 1.165) is 60.6 Å². The molecule has 0 unspecified atom stereocenters. The number of pyridine rings is 1. The molecule has 0 spiro atoms. The molecule has 36 heavy (non-hydrogen) atoms. The predicted octanol–water partition coefficient (Wildman–Crippen LogP) is 2.45. The van der Waals surface area contributed by atoms with Crippen molar-refractivity contribution in [2.75, 3.05) is 43.7 Å². The molecule has 1 saturated carbocycles. The highest BCUT2D eigenvalue weighted by Gasteiger charge is 2.27. The first-order valence-electron chi connectivity index (χ1n) is 12.6. The number of ether oxygens (including phenoxy) is 1. The number of anilines is 1. The number of methoxy groups -OCH3 is 1. The van der Waals surface area contributed by atoms with Crippen LogP contribution in [0.2, 0.25) is 0 Å². The number of piperazine rings is 1. The lowest BCUT2D eigenvalue weighted by Gasteiger charge is -2.27. The van der Waals surface area contributed by atoms with Gasteiger partial charge in [0.2, 0.25) is 11.9 Å². The van der Waals surface area contributed by atoms with E-state index in [4.69, 9.17) is 4.74 Å². The van der Waals surface area contributed by atoms with Gasteiger partial charge in [0, 0.05) is 49.3 Å². The molecule has 2 aromatic heterocycles. The normalized spacial score (nSPS) is 21.7. The van der Waals surface area contributed by atoms with Crippen LogP contribution in [-0.2, 0) is 9.53 Å². The van der Waals surface area contributed by atoms with Crippen molar-refractivity contribution in [1.29, 1.82) is 0 Å². The first kappa shape index (κ1) is 25.8. The summed E-state index contributed by atoms with van der Waals surface area (Å²) in [7, 11) is 1.65. The number of nitrogens with one attached hydrogen (secondary N) is 2. The van der Waals surface area contributed by atoms with Crippen LogP contribution in [0.4, 0.5) is 5.82 Å². The van der Waals surface area contributed by atoms with Crippen LogP contribution in [0, 0.1) is 6.92 Å². The van der Waals surface area contributed by atoms with Gasteiger partial charge in [-0.1, -0.05) is 0 Å². The first-order valence-corrected chi connectivity index (χ1v) is 12.6. The Hall–Kier alpha value is -3.24. The Kier molecular flexibility index (Phi) is 8.37. The van der Waals surface area contributed by atoms with Crippen molar-refractivity contribution in [3.63, 3.8) is 0 Å². The maximum Gasteiger partial charge on any atom is 0.239 e. The zero-order valence-electron chi connectivity index (χ0n) is 21.4. The molecule has 10 heteroatoms. The van der Waals surface area contributed by atoms with Gasteiger partial charge >= 0.3 is 0 Å². The molecule has 1 atom stereocenters. The molecular weight excluding hydrogens is 458 g/mol. The summed E-state index contributed by atoms with van der Waals surface area (Å²) in [5, 5.41) is 12.9. The second kappa shape index (κ2) is 11.7. The summed E-state index contributed by atoms with van der Waals surface area (Å²) >= 11 is 0. The van der Waals surface area contributed by atoms with Crippen LogP contribution >= 0.6 is 0 Å². The molecule has 1 saturated heterocycles. The minimum absolute atomic E-state index is 0.00759. The van der Waals surface area contributed by atoms with Crippen molar-refractivity contribution < 1.29 is 14.6 Å². The largest absolute Gasteiger partial charge is 0.393 e. The summed E-state index contributed by atoms with van der Waals surface area (Å²) in [5.74, 6) is 1.51. The maximum absolute atomic E-state index is 11.9. The number of hydrogen-bond acceptors (Lipinski definition) is 6. The van der Waals surface area contributed by atoms with Crippen LogP contribution in [0.3, 0.4) is 0 Å². The Labute approximate surface area is 212 Å². The SMILES string of the molecule is C=NC(=N[C@@H](C)COC)Nn1c(C2CCC(O)CC2)cc(-c2ccnc(N3CCNC(=O)C3)c2)c1C. The second-order valence-corrected chi connectivity index (χ2v) is 9.61. The fourth-order valence-corrected chi connectivity index (χ4v) is 5.03. The van der Waals surface area contributed by atoms with Crippen LogP contribution in [0.15, 0.2) is 34.4 Å². The topological polar surface area (TPSA) is 116 Å². The molecule has 3 heterocycles. The number of aliphatic hydroxyl groups is 1. The monoisotopic (exact) mass is 495 g/mol. The van der Waals surface area contributed by atoms with E-state index in [1.807, 2.05) is 24.0 Å². The van der Waals surface area contributed by atoms with E-state index in [-0.39, 0.29) is 18.1 Å². The number of aliphatic imine (C=N–C) groups is 2. The minimum atomic E-state index is -0.232. The fraction of sp³-hybridized carbons (Fsp3) is 0.538. The number of nitrogens with zero attached hydrogens (tertiary/aromatic N) is 5. The number of amides is 1. The number of guanidine groups is 1. The molecule has 0 bridgehead atoms. The molecule has 1 amide bonds. The molecule has 1 aliphatic heterocycles. The van der Waals surface area contributed by atoms with Gasteiger partial charge in [-0.15, -0.1) is 0 Å². The highest BCUT2D eigenvalue weighted by atomic mass is 16.5. The van der Waals surface area contributed by atoms with Crippen LogP contribution in [0.5, 0.6) is 0 Å². The van der Waals surface area contributed by atoms with Crippen molar-refractivity contribution in [1.82, 2.24) is 15.0 Å². The van der Waals surface area contributed by atoms with Gasteiger partial charge in [-0.05, 0) is 70.0 Å². The number of aliphatic hydroxyl groups excluding tert-OH is 1. The van der Waals surface area contributed by atoms with Gasteiger partial charge in [-0.2, -0.15) is 0 Å². The second-order valence-electron chi connectivity index (χ2n) is 9.61. The number of rotatable bonds is 7. The number of hydrogen-bond donors (Lipinski definition) is 3. The molecule has 2 aromatic rings. The summed E-state index contributed by atoms with van der Waals surface area (Å²) in [6.45, 7) is 9.87. The predicted molar refractivity (Wildman–Crippen MR) is 143 cm³/mol. The lowest BCUT2D eigenvalue weighted by Crippen LogP contribution is -2.48. The van der Waals surface area contributed by atoms with Gasteiger partial charge in [0.1, 0.15) is 5.82 Å². The summed E-state index contributed by atoms with van der Waals surface area (Å²) in [5.41, 5.74) is 7.62. The molecule has 194 valence electrons. The molecule has 2 fully saturated rings. The van der Waals surface area contributed by atoms with E-state index >= 15 is 0 Å². The Bertz CT molecular complexity index is 1100. The average Bonchev–Trinajstić information content (AvgIpc) is 3.20. The van der Waals surface area contributed by atoms with Crippen LogP contribution in [0.25, 0.3) is 11.1 Å². The van der Waals surface area contributed by atoms with Crippen molar-refractivity contribution in [2.24, 2.45) is 9.98 Å². The Balaban J connectivity index is 1.71. The third-order valence-electron chi connectivity index (χ3n) is 6.92. The van der Waals surface area contributed by atoms with Gasteiger partial charge in [0.05, 0.1) is 25.3 Å². The van der Waals surface area contributed by atoms with E-state index in [9.17, 15) is 9.90 Å². The quantitative estimate of drug-likeness (QED) is 0.401. The highest BCUT2D eigenvalue weighted by Crippen LogP contribution is 2.37. The van der Waals surface area contributed by atoms with Crippen molar-refractivity contribution in [3.8, 4) is 11.1 Å². The minimum Gasteiger partial charge on any atom is -0.393 e. The standard InChI is InChI=1S/C26H37N7O3/c1-17(16-36-4)30-26(27-3)31-33-18(2)22(14-23(33)19-5-7-21(34)8-6-19)20-9-10-28-24(13-20)32-12-11-29-25(35)15-32/h9-10,13-14,17,19,21,34H,3,5-8,11-12,15-16H2,1-2,4H3,(H,29,35)(H,30,31)/t17-,19?,21?/m0/s1. The zero-order chi connectivity index (χ0) is 25.7. The van der Waals surface area contributed by atoms with Crippen molar-refractivity contribution in [3.05, 3.63) is 35.8 Å². The molecular formula is C26H37N7O3. The third kappa shape index (κ3) is 5.93. The average molecular weight is 496 g/mol. The van der Waals surface area contributed by atoms with Gasteiger partial charge in [-0.25, -0.2) is 15.0 Å². The van der Waals surface area contributed by atoms with E-state index in [2.05, 4.69) is 50.1 Å². The van der Waals surface area contributed by atoms with Gasteiger partial charge in [0.15, 0.2) is 0 Å².